The number of benzene rings is 1. The number of rotatable bonds is 6. The second-order valence-corrected chi connectivity index (χ2v) is 7.37. The number of ether oxygens (including phenoxy) is 1. The monoisotopic (exact) mass is 292 g/mol. The molecule has 0 bridgehead atoms. The van der Waals surface area contributed by atoms with Gasteiger partial charge in [0.1, 0.15) is 0 Å². The van der Waals surface area contributed by atoms with Crippen LogP contribution in [0, 0.1) is 19.8 Å². The summed E-state index contributed by atoms with van der Waals surface area (Å²) in [6, 6.07) is 4.55. The molecule has 0 aliphatic heterocycles. The highest BCUT2D eigenvalue weighted by atomic mass is 16.5. The molecule has 0 aromatic heterocycles. The summed E-state index contributed by atoms with van der Waals surface area (Å²) in [4.78, 5) is 0. The van der Waals surface area contributed by atoms with E-state index >= 15 is 0 Å². The minimum absolute atomic E-state index is 0.165. The maximum atomic E-state index is 10.4. The highest BCUT2D eigenvalue weighted by Crippen LogP contribution is 2.28. The first-order chi connectivity index (χ1) is 9.66. The highest BCUT2D eigenvalue weighted by molar-refractivity contribution is 5.40. The molecule has 0 aliphatic rings. The number of aliphatic hydroxyl groups excluding tert-OH is 1. The number of hydrogen-bond acceptors (Lipinski definition) is 2. The quantitative estimate of drug-likeness (QED) is 0.852. The van der Waals surface area contributed by atoms with Crippen LogP contribution >= 0.6 is 0 Å². The van der Waals surface area contributed by atoms with E-state index in [1.807, 2.05) is 0 Å². The predicted molar refractivity (Wildman–Crippen MR) is 90.0 cm³/mol. The van der Waals surface area contributed by atoms with Crippen molar-refractivity contribution >= 4 is 0 Å². The lowest BCUT2D eigenvalue weighted by molar-refractivity contribution is 0.0885. The van der Waals surface area contributed by atoms with Crippen LogP contribution in [0.15, 0.2) is 12.1 Å². The number of methoxy groups -OCH3 is 1. The van der Waals surface area contributed by atoms with Gasteiger partial charge in [-0.05, 0) is 60.3 Å². The molecule has 1 N–H and O–H groups in total. The lowest BCUT2D eigenvalue weighted by atomic mass is 9.82. The molecule has 0 amide bonds. The van der Waals surface area contributed by atoms with E-state index in [0.717, 1.165) is 12.8 Å². The van der Waals surface area contributed by atoms with Gasteiger partial charge in [-0.3, -0.25) is 0 Å². The molecule has 0 aliphatic carbocycles. The van der Waals surface area contributed by atoms with Crippen molar-refractivity contribution in [3.8, 4) is 0 Å². The zero-order chi connectivity index (χ0) is 16.2. The third kappa shape index (κ3) is 5.12. The van der Waals surface area contributed by atoms with Crippen molar-refractivity contribution in [3.05, 3.63) is 34.4 Å². The lowest BCUT2D eigenvalue weighted by Crippen LogP contribution is -2.23. The minimum atomic E-state index is -0.307. The summed E-state index contributed by atoms with van der Waals surface area (Å²) in [6.45, 7) is 13.8. The van der Waals surface area contributed by atoms with Crippen LogP contribution in [0.25, 0.3) is 0 Å². The van der Waals surface area contributed by atoms with E-state index in [1.165, 1.54) is 22.3 Å². The molecule has 0 spiro atoms. The van der Waals surface area contributed by atoms with Gasteiger partial charge in [-0.2, -0.15) is 0 Å². The highest BCUT2D eigenvalue weighted by Gasteiger charge is 2.20. The maximum Gasteiger partial charge on any atom is 0.0607 e. The van der Waals surface area contributed by atoms with E-state index in [2.05, 4.69) is 53.7 Å². The molecule has 0 fully saturated rings. The summed E-state index contributed by atoms with van der Waals surface area (Å²) < 4.78 is 5.10. The van der Waals surface area contributed by atoms with Crippen LogP contribution in [0.4, 0.5) is 0 Å². The van der Waals surface area contributed by atoms with Gasteiger partial charge in [0.15, 0.2) is 0 Å². The van der Waals surface area contributed by atoms with E-state index in [9.17, 15) is 5.11 Å². The Bertz CT molecular complexity index is 434. The largest absolute Gasteiger partial charge is 0.393 e. The van der Waals surface area contributed by atoms with Crippen LogP contribution in [0.3, 0.4) is 0 Å². The first-order valence-electron chi connectivity index (χ1n) is 7.94. The zero-order valence-electron chi connectivity index (χ0n) is 14.8. The topological polar surface area (TPSA) is 29.5 Å². The fourth-order valence-electron chi connectivity index (χ4n) is 2.65. The van der Waals surface area contributed by atoms with E-state index in [1.54, 1.807) is 7.11 Å². The van der Waals surface area contributed by atoms with Crippen molar-refractivity contribution in [1.29, 1.82) is 0 Å². The van der Waals surface area contributed by atoms with E-state index in [0.29, 0.717) is 6.61 Å². The first kappa shape index (κ1) is 18.2. The van der Waals surface area contributed by atoms with Crippen molar-refractivity contribution < 1.29 is 9.84 Å². The molecule has 0 saturated carbocycles. The molecule has 1 aromatic carbocycles. The molecular weight excluding hydrogens is 260 g/mol. The Morgan fingerprint density at radius 3 is 2.10 bits per heavy atom. The number of aryl methyl sites for hydroxylation is 2. The fraction of sp³-hybridized carbons (Fsp3) is 0.684. The van der Waals surface area contributed by atoms with Gasteiger partial charge in [-0.15, -0.1) is 0 Å². The smallest absolute Gasteiger partial charge is 0.0607 e. The van der Waals surface area contributed by atoms with Crippen molar-refractivity contribution in [2.24, 2.45) is 5.92 Å². The van der Waals surface area contributed by atoms with E-state index in [4.69, 9.17) is 4.74 Å². The van der Waals surface area contributed by atoms with Crippen LogP contribution in [-0.2, 0) is 16.6 Å². The standard InChI is InChI=1S/C19H32O2/c1-13(8-9-21-7)18(20)12-17-14(2)10-16(11-15(17)3)19(4,5)6/h10-11,13,18,20H,8-9,12H2,1-7H3. The second-order valence-electron chi connectivity index (χ2n) is 7.37. The Balaban J connectivity index is 2.89. The van der Waals surface area contributed by atoms with E-state index in [-0.39, 0.29) is 17.4 Å². The van der Waals surface area contributed by atoms with Gasteiger partial charge in [0.2, 0.25) is 0 Å². The van der Waals surface area contributed by atoms with Crippen LogP contribution in [0.2, 0.25) is 0 Å². The van der Waals surface area contributed by atoms with Crippen LogP contribution in [0.1, 0.15) is 56.4 Å². The van der Waals surface area contributed by atoms with Crippen molar-refractivity contribution in [1.82, 2.24) is 0 Å². The fourth-order valence-corrected chi connectivity index (χ4v) is 2.65. The van der Waals surface area contributed by atoms with Gasteiger partial charge in [-0.25, -0.2) is 0 Å². The Morgan fingerprint density at radius 2 is 1.67 bits per heavy atom. The summed E-state index contributed by atoms with van der Waals surface area (Å²) in [5.74, 6) is 0.256. The molecule has 21 heavy (non-hydrogen) atoms. The van der Waals surface area contributed by atoms with Gasteiger partial charge in [0.25, 0.3) is 0 Å². The van der Waals surface area contributed by atoms with Crippen LogP contribution in [-0.4, -0.2) is 24.9 Å². The summed E-state index contributed by atoms with van der Waals surface area (Å²) in [5, 5.41) is 10.4. The van der Waals surface area contributed by atoms with Crippen LogP contribution in [0.5, 0.6) is 0 Å². The third-order valence-electron chi connectivity index (χ3n) is 4.41. The molecule has 1 rings (SSSR count). The normalized spacial score (nSPS) is 15.0. The molecule has 2 heteroatoms. The molecule has 0 radical (unpaired) electrons. The van der Waals surface area contributed by atoms with Gasteiger partial charge in [0, 0.05) is 13.7 Å². The summed E-state index contributed by atoms with van der Waals surface area (Å²) in [6.07, 6.45) is 1.32. The summed E-state index contributed by atoms with van der Waals surface area (Å²) in [5.41, 5.74) is 5.40. The average Bonchev–Trinajstić information content (AvgIpc) is 2.38. The number of aliphatic hydroxyl groups is 1. The summed E-state index contributed by atoms with van der Waals surface area (Å²) >= 11 is 0. The van der Waals surface area contributed by atoms with Crippen molar-refractivity contribution in [3.63, 3.8) is 0 Å². The Labute approximate surface area is 130 Å². The molecule has 2 atom stereocenters. The molecular formula is C19H32O2. The molecule has 2 unspecified atom stereocenters. The molecule has 2 nitrogen and oxygen atoms in total. The first-order valence-corrected chi connectivity index (χ1v) is 7.94. The Hall–Kier alpha value is -0.860. The Morgan fingerprint density at radius 1 is 1.14 bits per heavy atom. The zero-order valence-corrected chi connectivity index (χ0v) is 14.8. The van der Waals surface area contributed by atoms with Gasteiger partial charge < -0.3 is 9.84 Å². The molecule has 0 heterocycles. The SMILES string of the molecule is COCCC(C)C(O)Cc1c(C)cc(C(C)(C)C)cc1C. The van der Waals surface area contributed by atoms with Gasteiger partial charge in [0.05, 0.1) is 6.10 Å². The molecule has 1 aromatic rings. The summed E-state index contributed by atoms with van der Waals surface area (Å²) in [7, 11) is 1.71. The Kier molecular flexibility index (Phi) is 6.42. The van der Waals surface area contributed by atoms with E-state index < -0.39 is 0 Å². The number of hydrogen-bond donors (Lipinski definition) is 1. The lowest BCUT2D eigenvalue weighted by Gasteiger charge is -2.24. The second kappa shape index (κ2) is 7.42. The molecule has 0 saturated heterocycles. The van der Waals surface area contributed by atoms with Crippen LogP contribution < -0.4 is 0 Å². The van der Waals surface area contributed by atoms with Crippen molar-refractivity contribution in [2.75, 3.05) is 13.7 Å². The maximum absolute atomic E-state index is 10.4. The minimum Gasteiger partial charge on any atom is -0.393 e. The van der Waals surface area contributed by atoms with Gasteiger partial charge >= 0.3 is 0 Å². The molecule has 120 valence electrons. The van der Waals surface area contributed by atoms with Gasteiger partial charge in [-0.1, -0.05) is 39.8 Å². The third-order valence-corrected chi connectivity index (χ3v) is 4.41. The average molecular weight is 292 g/mol. The predicted octanol–water partition coefficient (Wildman–Crippen LogP) is 4.18. The van der Waals surface area contributed by atoms with Crippen molar-refractivity contribution in [2.45, 2.75) is 65.9 Å².